The quantitative estimate of drug-likeness (QED) is 0.293. The normalized spacial score (nSPS) is 18.7. The lowest BCUT2D eigenvalue weighted by Gasteiger charge is -2.48. The molecule has 0 fully saturated rings. The van der Waals surface area contributed by atoms with Crippen LogP contribution in [0.2, 0.25) is 0 Å². The Hall–Kier alpha value is -2.66. The van der Waals surface area contributed by atoms with Crippen LogP contribution in [0.1, 0.15) is 62.8 Å². The van der Waals surface area contributed by atoms with Gasteiger partial charge in [0.2, 0.25) is 0 Å². The Morgan fingerprint density at radius 2 is 1.67 bits per heavy atom. The van der Waals surface area contributed by atoms with Crippen LogP contribution in [0.15, 0.2) is 33.5 Å². The molecule has 0 atom stereocenters. The summed E-state index contributed by atoms with van der Waals surface area (Å²) in [6, 6.07) is 8.56. The lowest BCUT2D eigenvalue weighted by Crippen LogP contribution is -2.44. The third-order valence-corrected chi connectivity index (χ3v) is 9.02. The van der Waals surface area contributed by atoms with Crippen molar-refractivity contribution in [2.45, 2.75) is 65.2 Å². The molecule has 2 aromatic carbocycles. The maximum absolute atomic E-state index is 13.3. The van der Waals surface area contributed by atoms with Gasteiger partial charge in [0, 0.05) is 29.7 Å². The topological polar surface area (TPSA) is 46.3 Å². The van der Waals surface area contributed by atoms with E-state index in [1.807, 2.05) is 6.07 Å². The van der Waals surface area contributed by atoms with E-state index in [0.29, 0.717) is 5.56 Å². The van der Waals surface area contributed by atoms with E-state index in [1.165, 1.54) is 27.9 Å². The molecule has 6 rings (SSSR count). The van der Waals surface area contributed by atoms with Gasteiger partial charge < -0.3 is 9.32 Å². The van der Waals surface area contributed by atoms with Crippen LogP contribution in [-0.2, 0) is 10.8 Å². The number of aryl methyl sites for hydroxylation is 2. The third-order valence-electron chi connectivity index (χ3n) is 7.97. The van der Waals surface area contributed by atoms with Crippen LogP contribution in [0.4, 0.5) is 5.69 Å². The summed E-state index contributed by atoms with van der Waals surface area (Å²) >= 11 is 1.57. The molecule has 4 nitrogen and oxygen atoms in total. The molecule has 0 N–H and O–H groups in total. The Kier molecular flexibility index (Phi) is 4.24. The van der Waals surface area contributed by atoms with Crippen LogP contribution in [0.25, 0.3) is 31.8 Å². The molecule has 5 heteroatoms. The first-order chi connectivity index (χ1) is 15.5. The Balaban J connectivity index is 1.65. The first kappa shape index (κ1) is 20.9. The van der Waals surface area contributed by atoms with Gasteiger partial charge in [0.05, 0.1) is 15.8 Å². The van der Waals surface area contributed by atoms with Crippen LogP contribution >= 0.6 is 11.3 Å². The van der Waals surface area contributed by atoms with Crippen molar-refractivity contribution in [3.63, 3.8) is 0 Å². The highest BCUT2D eigenvalue weighted by Crippen LogP contribution is 2.51. The van der Waals surface area contributed by atoms with Gasteiger partial charge in [-0.3, -0.25) is 0 Å². The second kappa shape index (κ2) is 6.69. The summed E-state index contributed by atoms with van der Waals surface area (Å²) in [7, 11) is 0. The monoisotopic (exact) mass is 458 g/mol. The van der Waals surface area contributed by atoms with E-state index < -0.39 is 0 Å². The van der Waals surface area contributed by atoms with Crippen molar-refractivity contribution in [3.8, 4) is 10.6 Å². The second-order valence-corrected chi connectivity index (χ2v) is 12.2. The maximum Gasteiger partial charge on any atom is 0.346 e. The van der Waals surface area contributed by atoms with Crippen molar-refractivity contribution in [1.82, 2.24) is 4.98 Å². The van der Waals surface area contributed by atoms with E-state index in [1.54, 1.807) is 11.3 Å². The van der Waals surface area contributed by atoms with Gasteiger partial charge in [0.15, 0.2) is 0 Å². The molecule has 0 unspecified atom stereocenters. The first-order valence-electron chi connectivity index (χ1n) is 11.8. The molecule has 33 heavy (non-hydrogen) atoms. The van der Waals surface area contributed by atoms with Crippen molar-refractivity contribution < 1.29 is 4.42 Å². The fourth-order valence-electron chi connectivity index (χ4n) is 5.60. The smallest absolute Gasteiger partial charge is 0.346 e. The number of hydrogen-bond acceptors (Lipinski definition) is 5. The SMILES string of the molecule is Cc1cc2nc(-c3cc4cc5c6c(c4oc3=O)C(C)(C)CCN6CCC5(C)C)sc2cc1C. The molecule has 0 amide bonds. The van der Waals surface area contributed by atoms with Gasteiger partial charge in [-0.15, -0.1) is 11.3 Å². The number of nitrogens with zero attached hydrogens (tertiary/aromatic N) is 2. The maximum atomic E-state index is 13.3. The zero-order valence-corrected chi connectivity index (χ0v) is 21.1. The molecule has 0 bridgehead atoms. The van der Waals surface area contributed by atoms with E-state index >= 15 is 0 Å². The van der Waals surface area contributed by atoms with E-state index in [0.717, 1.165) is 52.1 Å². The van der Waals surface area contributed by atoms with Gasteiger partial charge >= 0.3 is 5.63 Å². The van der Waals surface area contributed by atoms with Crippen molar-refractivity contribution in [1.29, 1.82) is 0 Å². The van der Waals surface area contributed by atoms with Gasteiger partial charge in [0.1, 0.15) is 10.6 Å². The zero-order valence-electron chi connectivity index (χ0n) is 20.3. The molecule has 0 saturated carbocycles. The van der Waals surface area contributed by atoms with Gasteiger partial charge in [-0.25, -0.2) is 9.78 Å². The van der Waals surface area contributed by atoms with Gasteiger partial charge in [-0.05, 0) is 78.5 Å². The highest BCUT2D eigenvalue weighted by Gasteiger charge is 2.42. The standard InChI is InChI=1S/C28H30N2O2S/c1-15-11-20-21(12-16(15)2)33-25(29-20)18-13-17-14-19-23-22(24(17)32-26(18)31)28(5,6)8-10-30(23)9-7-27(19,3)4/h11-14H,7-10H2,1-6H3. The molecule has 0 radical (unpaired) electrons. The Labute approximate surface area is 198 Å². The molecule has 4 aromatic rings. The average molecular weight is 459 g/mol. The Bertz CT molecular complexity index is 1480. The number of thiazole rings is 1. The van der Waals surface area contributed by atoms with Crippen LogP contribution in [0.3, 0.4) is 0 Å². The number of benzene rings is 2. The zero-order chi connectivity index (χ0) is 23.3. The van der Waals surface area contributed by atoms with Crippen molar-refractivity contribution in [2.24, 2.45) is 0 Å². The molecule has 0 spiro atoms. The van der Waals surface area contributed by atoms with Crippen LogP contribution in [0.5, 0.6) is 0 Å². The molecule has 170 valence electrons. The summed E-state index contributed by atoms with van der Waals surface area (Å²) in [5.74, 6) is 0. The summed E-state index contributed by atoms with van der Waals surface area (Å²) in [4.78, 5) is 20.6. The van der Waals surface area contributed by atoms with E-state index in [-0.39, 0.29) is 16.5 Å². The summed E-state index contributed by atoms with van der Waals surface area (Å²) in [5.41, 5.74) is 8.33. The van der Waals surface area contributed by atoms with Gasteiger partial charge in [-0.1, -0.05) is 27.7 Å². The van der Waals surface area contributed by atoms with E-state index in [4.69, 9.17) is 9.40 Å². The van der Waals surface area contributed by atoms with E-state index in [2.05, 4.69) is 64.6 Å². The summed E-state index contributed by atoms with van der Waals surface area (Å²) in [6.07, 6.45) is 2.19. The third kappa shape index (κ3) is 3.01. The molecule has 2 aliphatic heterocycles. The largest absolute Gasteiger partial charge is 0.422 e. The highest BCUT2D eigenvalue weighted by molar-refractivity contribution is 7.21. The summed E-state index contributed by atoms with van der Waals surface area (Å²) < 4.78 is 7.25. The average Bonchev–Trinajstić information content (AvgIpc) is 3.13. The van der Waals surface area contributed by atoms with Crippen LogP contribution in [0, 0.1) is 13.8 Å². The summed E-state index contributed by atoms with van der Waals surface area (Å²) in [6.45, 7) is 15.6. The van der Waals surface area contributed by atoms with Gasteiger partial charge in [0.25, 0.3) is 0 Å². The number of aromatic nitrogens is 1. The lowest BCUT2D eigenvalue weighted by molar-refractivity contribution is 0.398. The lowest BCUT2D eigenvalue weighted by atomic mass is 9.69. The molecular formula is C28H30N2O2S. The number of rotatable bonds is 1. The van der Waals surface area contributed by atoms with Gasteiger partial charge in [-0.2, -0.15) is 0 Å². The Morgan fingerprint density at radius 1 is 0.970 bits per heavy atom. The first-order valence-corrected chi connectivity index (χ1v) is 12.7. The minimum absolute atomic E-state index is 0.0457. The fraction of sp³-hybridized carbons (Fsp3) is 0.429. The minimum Gasteiger partial charge on any atom is -0.422 e. The van der Waals surface area contributed by atoms with Crippen molar-refractivity contribution >= 4 is 38.2 Å². The molecule has 0 saturated heterocycles. The van der Waals surface area contributed by atoms with Crippen LogP contribution in [-0.4, -0.2) is 18.1 Å². The predicted molar refractivity (Wildman–Crippen MR) is 138 cm³/mol. The minimum atomic E-state index is -0.297. The molecule has 2 aromatic heterocycles. The number of hydrogen-bond donors (Lipinski definition) is 0. The van der Waals surface area contributed by atoms with E-state index in [9.17, 15) is 4.79 Å². The second-order valence-electron chi connectivity index (χ2n) is 11.2. The number of fused-ring (bicyclic) bond motifs is 3. The predicted octanol–water partition coefficient (Wildman–Crippen LogP) is 6.86. The molecular weight excluding hydrogens is 428 g/mol. The summed E-state index contributed by atoms with van der Waals surface area (Å²) in [5, 5.41) is 1.74. The fourth-order valence-corrected chi connectivity index (χ4v) is 6.65. The highest BCUT2D eigenvalue weighted by atomic mass is 32.1. The molecule has 0 aliphatic carbocycles. The molecule has 4 heterocycles. The van der Waals surface area contributed by atoms with Crippen molar-refractivity contribution in [2.75, 3.05) is 18.0 Å². The Morgan fingerprint density at radius 3 is 2.42 bits per heavy atom. The van der Waals surface area contributed by atoms with Crippen molar-refractivity contribution in [3.05, 3.63) is 56.9 Å². The molecule has 2 aliphatic rings. The van der Waals surface area contributed by atoms with Crippen LogP contribution < -0.4 is 10.5 Å². The number of anilines is 1.